The van der Waals surface area contributed by atoms with E-state index in [2.05, 4.69) is 5.32 Å². The summed E-state index contributed by atoms with van der Waals surface area (Å²) in [5.74, 6) is 0. The summed E-state index contributed by atoms with van der Waals surface area (Å²) >= 11 is 0. The first-order valence-corrected chi connectivity index (χ1v) is 7.21. The lowest BCUT2D eigenvalue weighted by Crippen LogP contribution is -2.20. The van der Waals surface area contributed by atoms with Crippen molar-refractivity contribution in [1.29, 1.82) is 0 Å². The second-order valence-corrected chi connectivity index (χ2v) is 5.44. The zero-order valence-electron chi connectivity index (χ0n) is 12.9. The zero-order chi connectivity index (χ0) is 17.9. The number of benzene rings is 2. The van der Waals surface area contributed by atoms with Crippen LogP contribution in [0.25, 0.3) is 11.1 Å². The quantitative estimate of drug-likeness (QED) is 0.783. The molecule has 0 saturated carbocycles. The minimum Gasteiger partial charge on any atom is -0.465 e. The molecule has 0 aromatic heterocycles. The number of hydrogen-bond acceptors (Lipinski definition) is 2. The van der Waals surface area contributed by atoms with E-state index < -0.39 is 17.8 Å². The predicted octanol–water partition coefficient (Wildman–Crippen LogP) is 4.16. The number of hydrogen-bond donors (Lipinski definition) is 3. The van der Waals surface area contributed by atoms with E-state index in [-0.39, 0.29) is 12.6 Å². The van der Waals surface area contributed by atoms with Gasteiger partial charge in [0.05, 0.1) is 5.56 Å². The molecule has 0 spiro atoms. The number of amides is 1. The fraction of sp³-hybridized carbons (Fsp3) is 0.235. The lowest BCUT2D eigenvalue weighted by Gasteiger charge is -2.15. The maximum absolute atomic E-state index is 13.0. The third-order valence-electron chi connectivity index (χ3n) is 3.61. The van der Waals surface area contributed by atoms with Crippen molar-refractivity contribution in [3.05, 3.63) is 59.2 Å². The lowest BCUT2D eigenvalue weighted by atomic mass is 9.95. The smallest absolute Gasteiger partial charge is 0.416 e. The van der Waals surface area contributed by atoms with Crippen LogP contribution >= 0.6 is 0 Å². The Labute approximate surface area is 137 Å². The fourth-order valence-corrected chi connectivity index (χ4v) is 2.31. The van der Waals surface area contributed by atoms with Crippen molar-refractivity contribution >= 4 is 6.09 Å². The largest absolute Gasteiger partial charge is 0.465 e. The Hall–Kier alpha value is -2.54. The highest BCUT2D eigenvalue weighted by molar-refractivity contribution is 5.70. The van der Waals surface area contributed by atoms with Crippen LogP contribution in [0, 0.1) is 0 Å². The summed E-state index contributed by atoms with van der Waals surface area (Å²) < 4.78 is 38.9. The summed E-state index contributed by atoms with van der Waals surface area (Å²) in [7, 11) is 0. The summed E-state index contributed by atoms with van der Waals surface area (Å²) in [5, 5.41) is 10.9. The zero-order valence-corrected chi connectivity index (χ0v) is 12.9. The van der Waals surface area contributed by atoms with Gasteiger partial charge in [-0.3, -0.25) is 0 Å². The molecule has 2 rings (SSSR count). The van der Waals surface area contributed by atoms with E-state index in [1.807, 2.05) is 6.92 Å². The molecule has 0 fully saturated rings. The van der Waals surface area contributed by atoms with Crippen LogP contribution in [0.5, 0.6) is 0 Å². The van der Waals surface area contributed by atoms with Crippen LogP contribution in [0.4, 0.5) is 18.0 Å². The first-order chi connectivity index (χ1) is 11.2. The Bertz CT molecular complexity index is 726. The van der Waals surface area contributed by atoms with Gasteiger partial charge in [0.1, 0.15) is 0 Å². The number of carboxylic acid groups (broad SMARTS) is 1. The normalized spacial score (nSPS) is 12.7. The highest BCUT2D eigenvalue weighted by Crippen LogP contribution is 2.34. The van der Waals surface area contributed by atoms with Crippen LogP contribution < -0.4 is 11.1 Å². The summed E-state index contributed by atoms with van der Waals surface area (Å²) in [5.41, 5.74) is 7.19. The maximum Gasteiger partial charge on any atom is 0.416 e. The molecule has 128 valence electrons. The van der Waals surface area contributed by atoms with E-state index in [9.17, 15) is 18.0 Å². The van der Waals surface area contributed by atoms with Crippen molar-refractivity contribution in [3.8, 4) is 11.1 Å². The average molecular weight is 338 g/mol. The van der Waals surface area contributed by atoms with Crippen molar-refractivity contribution in [2.24, 2.45) is 5.73 Å². The molecular formula is C17H17F3N2O2. The van der Waals surface area contributed by atoms with Gasteiger partial charge in [0.25, 0.3) is 0 Å². The minimum absolute atomic E-state index is 0.0855. The predicted molar refractivity (Wildman–Crippen MR) is 84.3 cm³/mol. The van der Waals surface area contributed by atoms with Crippen LogP contribution in [0.3, 0.4) is 0 Å². The Morgan fingerprint density at radius 3 is 2.33 bits per heavy atom. The Kier molecular flexibility index (Phi) is 5.14. The first kappa shape index (κ1) is 17.8. The number of halogens is 3. The van der Waals surface area contributed by atoms with Gasteiger partial charge in [-0.25, -0.2) is 4.79 Å². The number of carbonyl (C=O) groups is 1. The van der Waals surface area contributed by atoms with Crippen LogP contribution in [0.2, 0.25) is 0 Å². The molecule has 24 heavy (non-hydrogen) atoms. The molecule has 2 aromatic carbocycles. The third-order valence-corrected chi connectivity index (χ3v) is 3.61. The average Bonchev–Trinajstić information content (AvgIpc) is 2.52. The molecule has 0 saturated heterocycles. The summed E-state index contributed by atoms with van der Waals surface area (Å²) in [6, 6.07) is 9.92. The lowest BCUT2D eigenvalue weighted by molar-refractivity contribution is -0.137. The molecule has 2 aromatic rings. The van der Waals surface area contributed by atoms with Gasteiger partial charge in [-0.1, -0.05) is 30.3 Å². The second kappa shape index (κ2) is 6.92. The number of nitrogens with two attached hydrogens (primary N) is 1. The molecule has 0 bridgehead atoms. The van der Waals surface area contributed by atoms with E-state index >= 15 is 0 Å². The van der Waals surface area contributed by atoms with Gasteiger partial charge in [0, 0.05) is 12.6 Å². The number of nitrogens with one attached hydrogen (secondary N) is 1. The highest BCUT2D eigenvalue weighted by Gasteiger charge is 2.31. The topological polar surface area (TPSA) is 75.3 Å². The van der Waals surface area contributed by atoms with Gasteiger partial charge in [0.15, 0.2) is 0 Å². The van der Waals surface area contributed by atoms with Crippen LogP contribution in [-0.2, 0) is 12.7 Å². The Balaban J connectivity index is 2.48. The van der Waals surface area contributed by atoms with E-state index in [0.29, 0.717) is 16.7 Å². The molecule has 0 aliphatic rings. The Morgan fingerprint density at radius 1 is 1.21 bits per heavy atom. The van der Waals surface area contributed by atoms with E-state index in [1.165, 1.54) is 6.07 Å². The van der Waals surface area contributed by atoms with Gasteiger partial charge in [-0.15, -0.1) is 0 Å². The molecule has 0 unspecified atom stereocenters. The van der Waals surface area contributed by atoms with Crippen LogP contribution in [0.15, 0.2) is 42.5 Å². The van der Waals surface area contributed by atoms with Crippen molar-refractivity contribution < 1.29 is 23.1 Å². The highest BCUT2D eigenvalue weighted by atomic mass is 19.4. The van der Waals surface area contributed by atoms with Crippen LogP contribution in [-0.4, -0.2) is 11.2 Å². The molecule has 0 radical (unpaired) electrons. The molecule has 0 aliphatic heterocycles. The third kappa shape index (κ3) is 4.26. The van der Waals surface area contributed by atoms with Crippen LogP contribution in [0.1, 0.15) is 29.7 Å². The van der Waals surface area contributed by atoms with Crippen molar-refractivity contribution in [1.82, 2.24) is 5.32 Å². The standard InChI is InChI=1S/C17H17F3N2O2/c1-10(21)11-2-4-12(5-3-11)15-8-14(17(18,19)20)7-6-13(15)9-22-16(23)24/h2-8,10,22H,9,21H2,1H3,(H,23,24)/t10-/m1/s1. The summed E-state index contributed by atoms with van der Waals surface area (Å²) in [6.07, 6.45) is -5.72. The van der Waals surface area contributed by atoms with Gasteiger partial charge in [0.2, 0.25) is 0 Å². The van der Waals surface area contributed by atoms with Gasteiger partial charge in [-0.05, 0) is 41.3 Å². The van der Waals surface area contributed by atoms with E-state index in [4.69, 9.17) is 10.8 Å². The molecule has 4 N–H and O–H groups in total. The van der Waals surface area contributed by atoms with Gasteiger partial charge < -0.3 is 16.2 Å². The molecule has 1 atom stereocenters. The molecule has 0 heterocycles. The van der Waals surface area contributed by atoms with Gasteiger partial charge >= 0.3 is 12.3 Å². The minimum atomic E-state index is -4.47. The number of rotatable bonds is 4. The van der Waals surface area contributed by atoms with Crippen molar-refractivity contribution in [2.45, 2.75) is 25.7 Å². The first-order valence-electron chi connectivity index (χ1n) is 7.21. The Morgan fingerprint density at radius 2 is 1.83 bits per heavy atom. The van der Waals surface area contributed by atoms with E-state index in [1.54, 1.807) is 24.3 Å². The molecule has 4 nitrogen and oxygen atoms in total. The summed E-state index contributed by atoms with van der Waals surface area (Å²) in [4.78, 5) is 10.7. The van der Waals surface area contributed by atoms with Crippen molar-refractivity contribution in [3.63, 3.8) is 0 Å². The molecule has 1 amide bonds. The fourth-order valence-electron chi connectivity index (χ4n) is 2.31. The van der Waals surface area contributed by atoms with Crippen molar-refractivity contribution in [2.75, 3.05) is 0 Å². The molecule has 0 aliphatic carbocycles. The monoisotopic (exact) mass is 338 g/mol. The van der Waals surface area contributed by atoms with Gasteiger partial charge in [-0.2, -0.15) is 13.2 Å². The van der Waals surface area contributed by atoms with E-state index in [0.717, 1.165) is 17.7 Å². The SMILES string of the molecule is C[C@@H](N)c1ccc(-c2cc(C(F)(F)F)ccc2CNC(=O)O)cc1. The summed E-state index contributed by atoms with van der Waals surface area (Å²) in [6.45, 7) is 1.72. The maximum atomic E-state index is 13.0. The number of alkyl halides is 3. The molecule has 7 heteroatoms. The molecular weight excluding hydrogens is 321 g/mol. The second-order valence-electron chi connectivity index (χ2n) is 5.44.